The molecule has 0 spiro atoms. The normalized spacial score (nSPS) is 11.2. The molecule has 0 saturated heterocycles. The van der Waals surface area contributed by atoms with Crippen LogP contribution in [0.2, 0.25) is 0 Å². The number of allylic oxidation sites excluding steroid dienone is 3. The monoisotopic (exact) mass is 192 g/mol. The van der Waals surface area contributed by atoms with Crippen molar-refractivity contribution >= 4 is 0 Å². The molecule has 1 radical (unpaired) electrons. The van der Waals surface area contributed by atoms with Gasteiger partial charge in [0.05, 0.1) is 0 Å². The van der Waals surface area contributed by atoms with Crippen LogP contribution in [0.1, 0.15) is 0 Å². The summed E-state index contributed by atoms with van der Waals surface area (Å²) in [4.78, 5) is 0. The minimum atomic E-state index is 0. The molecule has 12 heavy (non-hydrogen) atoms. The molecule has 0 saturated carbocycles. The minimum Gasteiger partial charge on any atom is -0.413 e. The Kier molecular flexibility index (Phi) is 5.42. The predicted molar refractivity (Wildman–Crippen MR) is 38.5 cm³/mol. The summed E-state index contributed by atoms with van der Waals surface area (Å²) >= 11 is 0. The van der Waals surface area contributed by atoms with Crippen molar-refractivity contribution in [3.05, 3.63) is 58.3 Å². The number of hydrogen-bond donors (Lipinski definition) is 1. The molecule has 0 fully saturated rings. The van der Waals surface area contributed by atoms with E-state index in [-0.39, 0.29) is 17.1 Å². The molecule has 0 aromatic carbocycles. The zero-order valence-electron chi connectivity index (χ0n) is 5.93. The number of nitrogens with two attached hydrogens (primary N) is 1. The van der Waals surface area contributed by atoms with Gasteiger partial charge in [0.2, 0.25) is 0 Å². The molecule has 2 aliphatic carbocycles. The molecule has 0 aromatic heterocycles. The van der Waals surface area contributed by atoms with E-state index in [0.717, 1.165) is 0 Å². The zero-order valence-corrected chi connectivity index (χ0v) is 7.04. The number of hydrogen-bond acceptors (Lipinski definition) is 1. The van der Waals surface area contributed by atoms with E-state index in [1.807, 2.05) is 0 Å². The van der Waals surface area contributed by atoms with E-state index in [2.05, 4.69) is 52.6 Å². The average molecular weight is 192 g/mol. The Hall–Kier alpha value is -1.52. The van der Waals surface area contributed by atoms with Crippen molar-refractivity contribution < 1.29 is 17.1 Å². The van der Waals surface area contributed by atoms with Crippen LogP contribution in [0.15, 0.2) is 40.1 Å². The summed E-state index contributed by atoms with van der Waals surface area (Å²) in [5, 5.41) is 0. The Bertz CT molecular complexity index is 402. The second kappa shape index (κ2) is 6.21. The van der Waals surface area contributed by atoms with Gasteiger partial charge in [-0.15, -0.1) is 12.2 Å². The number of rotatable bonds is 0. The summed E-state index contributed by atoms with van der Waals surface area (Å²) in [5.74, 6) is 0. The molecule has 0 heterocycles. The fraction of sp³-hybridized carbons (Fsp3) is 0. The van der Waals surface area contributed by atoms with Crippen molar-refractivity contribution in [3.8, 4) is 0 Å². The molecule has 2 rings (SSSR count). The largest absolute Gasteiger partial charge is 2.00 e. The van der Waals surface area contributed by atoms with Crippen LogP contribution in [0.4, 0.5) is 0 Å². The molecule has 0 aliphatic heterocycles. The van der Waals surface area contributed by atoms with Crippen LogP contribution < -0.4 is 5.73 Å². The third-order valence-electron chi connectivity index (χ3n) is 0.769. The standard InChI is InChI=1S/C5H2N.C5.Fe/c6-5-3-1-2-4-5;1-2-4-5-3-1;/h6H2;;/q2*-1;+2. The van der Waals surface area contributed by atoms with Crippen LogP contribution in [-0.4, -0.2) is 0 Å². The van der Waals surface area contributed by atoms with Crippen molar-refractivity contribution in [1.29, 1.82) is 0 Å². The molecule has 0 atom stereocenters. The summed E-state index contributed by atoms with van der Waals surface area (Å²) in [6, 6.07) is 0. The maximum Gasteiger partial charge on any atom is 2.00 e. The molecular weight excluding hydrogens is 190 g/mol. The van der Waals surface area contributed by atoms with Crippen LogP contribution in [0.3, 0.4) is 0 Å². The Labute approximate surface area is 81.4 Å². The van der Waals surface area contributed by atoms with Gasteiger partial charge in [-0.25, -0.2) is 11.5 Å². The van der Waals surface area contributed by atoms with Gasteiger partial charge in [-0.2, -0.15) is 0 Å². The molecule has 0 bridgehead atoms. The van der Waals surface area contributed by atoms with Crippen molar-refractivity contribution in [2.45, 2.75) is 0 Å². The minimum absolute atomic E-state index is 0. The maximum atomic E-state index is 5.10. The van der Waals surface area contributed by atoms with Gasteiger partial charge in [-0.1, -0.05) is 11.8 Å². The van der Waals surface area contributed by atoms with E-state index in [1.165, 1.54) is 0 Å². The summed E-state index contributed by atoms with van der Waals surface area (Å²) < 4.78 is 0. The molecule has 2 N–H and O–H groups in total. The van der Waals surface area contributed by atoms with Gasteiger partial charge in [0, 0.05) is 0 Å². The maximum absolute atomic E-state index is 5.10. The summed E-state index contributed by atoms with van der Waals surface area (Å²) in [6.45, 7) is 0. The average Bonchev–Trinajstić information content (AvgIpc) is 2.57. The van der Waals surface area contributed by atoms with Crippen LogP contribution in [0, 0.1) is 18.2 Å². The molecule has 1 nitrogen and oxygen atoms in total. The first-order chi connectivity index (χ1) is 5.39. The first-order valence-electron chi connectivity index (χ1n) is 2.79. The van der Waals surface area contributed by atoms with Gasteiger partial charge in [-0.3, -0.25) is 22.9 Å². The summed E-state index contributed by atoms with van der Waals surface area (Å²) in [5.41, 5.74) is 20.6. The third-order valence-corrected chi connectivity index (χ3v) is 0.769. The summed E-state index contributed by atoms with van der Waals surface area (Å²) in [7, 11) is 0. The molecule has 0 unspecified atom stereocenters. The van der Waals surface area contributed by atoms with Crippen LogP contribution >= 0.6 is 0 Å². The molecule has 2 aliphatic rings. The first kappa shape index (κ1) is 10.5. The van der Waals surface area contributed by atoms with Gasteiger partial charge >= 0.3 is 17.1 Å². The van der Waals surface area contributed by atoms with E-state index in [4.69, 9.17) is 5.73 Å². The fourth-order valence-electron chi connectivity index (χ4n) is 0.385. The van der Waals surface area contributed by atoms with Gasteiger partial charge < -0.3 is 5.73 Å². The van der Waals surface area contributed by atoms with E-state index < -0.39 is 0 Å². The fourth-order valence-corrected chi connectivity index (χ4v) is 0.385. The SMILES string of the molecule is NC1=C=C=C=[C-]1.[C]1=C=C=C=[C-]1.[Fe+2]. The molecule has 0 amide bonds. The second-order valence-electron chi connectivity index (χ2n) is 1.54. The predicted octanol–water partition coefficient (Wildman–Crippen LogP) is 0.736. The van der Waals surface area contributed by atoms with Crippen molar-refractivity contribution in [2.24, 2.45) is 5.73 Å². The first-order valence-corrected chi connectivity index (χ1v) is 2.79. The molecule has 0 aromatic rings. The van der Waals surface area contributed by atoms with Gasteiger partial charge in [0.1, 0.15) is 0 Å². The Balaban J connectivity index is 0.000000189. The third kappa shape index (κ3) is 4.32. The molecular formula is C10H2FeN. The Morgan fingerprint density at radius 2 is 1.92 bits per heavy atom. The van der Waals surface area contributed by atoms with Gasteiger partial charge in [0.25, 0.3) is 0 Å². The van der Waals surface area contributed by atoms with Crippen molar-refractivity contribution in [3.63, 3.8) is 0 Å². The van der Waals surface area contributed by atoms with Crippen LogP contribution in [0.5, 0.6) is 0 Å². The summed E-state index contributed by atoms with van der Waals surface area (Å²) in [6.07, 6.45) is 7.54. The Morgan fingerprint density at radius 1 is 1.08 bits per heavy atom. The van der Waals surface area contributed by atoms with E-state index in [1.54, 1.807) is 0 Å². The van der Waals surface area contributed by atoms with Gasteiger partial charge in [0.15, 0.2) is 0 Å². The topological polar surface area (TPSA) is 26.0 Å². The second-order valence-corrected chi connectivity index (χ2v) is 1.54. The van der Waals surface area contributed by atoms with Crippen LogP contribution in [0.25, 0.3) is 0 Å². The van der Waals surface area contributed by atoms with E-state index in [0.29, 0.717) is 5.70 Å². The smallest absolute Gasteiger partial charge is 0.413 e. The van der Waals surface area contributed by atoms with Crippen molar-refractivity contribution in [1.82, 2.24) is 0 Å². The van der Waals surface area contributed by atoms with Gasteiger partial charge in [-0.05, 0) is 0 Å². The van der Waals surface area contributed by atoms with Crippen molar-refractivity contribution in [2.75, 3.05) is 0 Å². The zero-order chi connectivity index (χ0) is 7.94. The van der Waals surface area contributed by atoms with E-state index in [9.17, 15) is 0 Å². The van der Waals surface area contributed by atoms with Crippen LogP contribution in [-0.2, 0) is 17.1 Å². The molecule has 2 heteroatoms. The Morgan fingerprint density at radius 3 is 2.08 bits per heavy atom. The van der Waals surface area contributed by atoms with E-state index >= 15 is 0 Å². The quantitative estimate of drug-likeness (QED) is 0.342. The molecule has 55 valence electrons.